The Labute approximate surface area is 152 Å². The van der Waals surface area contributed by atoms with E-state index >= 15 is 0 Å². The van der Waals surface area contributed by atoms with Crippen molar-refractivity contribution in [2.75, 3.05) is 0 Å². The molecule has 0 spiro atoms. The van der Waals surface area contributed by atoms with Gasteiger partial charge >= 0.3 is 0 Å². The van der Waals surface area contributed by atoms with Crippen molar-refractivity contribution in [1.82, 2.24) is 21.5 Å². The van der Waals surface area contributed by atoms with Crippen molar-refractivity contribution in [3.8, 4) is 0 Å². The molecule has 0 aromatic heterocycles. The zero-order valence-electron chi connectivity index (χ0n) is 15.1. The van der Waals surface area contributed by atoms with Gasteiger partial charge in [-0.1, -0.05) is 13.8 Å². The van der Waals surface area contributed by atoms with E-state index in [0.717, 1.165) is 0 Å². The average Bonchev–Trinajstić information content (AvgIpc) is 2.48. The van der Waals surface area contributed by atoms with Crippen LogP contribution in [-0.2, 0) is 4.79 Å². The second-order valence-corrected chi connectivity index (χ2v) is 7.43. The molecule has 0 aliphatic heterocycles. The molecule has 2 amide bonds. The highest BCUT2D eigenvalue weighted by Crippen LogP contribution is 2.06. The van der Waals surface area contributed by atoms with Crippen LogP contribution in [0.2, 0.25) is 0 Å². The lowest BCUT2D eigenvalue weighted by molar-refractivity contribution is -0.124. The van der Waals surface area contributed by atoms with Crippen LogP contribution in [0.15, 0.2) is 24.3 Å². The molecule has 25 heavy (non-hydrogen) atoms. The van der Waals surface area contributed by atoms with Gasteiger partial charge in [0.05, 0.1) is 0 Å². The van der Waals surface area contributed by atoms with Crippen LogP contribution in [0.5, 0.6) is 0 Å². The first-order valence-electron chi connectivity index (χ1n) is 7.94. The number of amides is 2. The maximum absolute atomic E-state index is 12.9. The number of hydrogen-bond donors (Lipinski definition) is 4. The third kappa shape index (κ3) is 7.47. The molecule has 1 atom stereocenters. The fourth-order valence-electron chi connectivity index (χ4n) is 1.93. The van der Waals surface area contributed by atoms with Crippen LogP contribution in [0.25, 0.3) is 0 Å². The molecule has 0 saturated carbocycles. The first-order valence-corrected chi connectivity index (χ1v) is 8.35. The SMILES string of the molecule is CC(C)[C@H](NC(=O)c1ccc(F)cc1)C(=O)NNC(=S)NC(C)(C)C. The molecular formula is C17H25FN4O2S. The van der Waals surface area contributed by atoms with Gasteiger partial charge in [-0.25, -0.2) is 4.39 Å². The Hall–Kier alpha value is -2.22. The third-order valence-electron chi connectivity index (χ3n) is 3.13. The van der Waals surface area contributed by atoms with Crippen molar-refractivity contribution in [3.05, 3.63) is 35.6 Å². The fraction of sp³-hybridized carbons (Fsp3) is 0.471. The van der Waals surface area contributed by atoms with Crippen molar-refractivity contribution < 1.29 is 14.0 Å². The van der Waals surface area contributed by atoms with Gasteiger partial charge in [-0.2, -0.15) is 0 Å². The molecule has 1 aromatic carbocycles. The summed E-state index contributed by atoms with van der Waals surface area (Å²) in [6.07, 6.45) is 0. The molecule has 0 fully saturated rings. The molecule has 0 bridgehead atoms. The van der Waals surface area contributed by atoms with Gasteiger partial charge in [0.2, 0.25) is 0 Å². The summed E-state index contributed by atoms with van der Waals surface area (Å²) in [5.74, 6) is -1.47. The number of rotatable bonds is 4. The van der Waals surface area contributed by atoms with E-state index in [1.54, 1.807) is 13.8 Å². The summed E-state index contributed by atoms with van der Waals surface area (Å²) in [5.41, 5.74) is 5.13. The van der Waals surface area contributed by atoms with E-state index in [4.69, 9.17) is 12.2 Å². The van der Waals surface area contributed by atoms with Crippen molar-refractivity contribution in [2.24, 2.45) is 5.92 Å². The van der Waals surface area contributed by atoms with Crippen LogP contribution in [0.3, 0.4) is 0 Å². The van der Waals surface area contributed by atoms with Crippen molar-refractivity contribution in [1.29, 1.82) is 0 Å². The molecular weight excluding hydrogens is 343 g/mol. The van der Waals surface area contributed by atoms with Gasteiger partial charge in [0.1, 0.15) is 11.9 Å². The number of nitrogens with one attached hydrogen (secondary N) is 4. The standard InChI is InChI=1S/C17H25FN4O2S/c1-10(2)13(15(24)21-22-16(25)20-17(3,4)5)19-14(23)11-6-8-12(18)9-7-11/h6-10,13H,1-5H3,(H,19,23)(H,21,24)(H2,20,22,25)/t13-/m0/s1. The maximum atomic E-state index is 12.9. The maximum Gasteiger partial charge on any atom is 0.261 e. The first kappa shape index (κ1) is 20.8. The molecule has 1 rings (SSSR count). The molecule has 0 aliphatic carbocycles. The second-order valence-electron chi connectivity index (χ2n) is 7.02. The highest BCUT2D eigenvalue weighted by molar-refractivity contribution is 7.80. The Kier molecular flexibility index (Phi) is 7.29. The quantitative estimate of drug-likeness (QED) is 0.482. The van der Waals surface area contributed by atoms with E-state index < -0.39 is 23.7 Å². The lowest BCUT2D eigenvalue weighted by Crippen LogP contribution is -2.57. The lowest BCUT2D eigenvalue weighted by Gasteiger charge is -2.25. The summed E-state index contributed by atoms with van der Waals surface area (Å²) < 4.78 is 12.9. The Morgan fingerprint density at radius 3 is 2.12 bits per heavy atom. The topological polar surface area (TPSA) is 82.3 Å². The highest BCUT2D eigenvalue weighted by Gasteiger charge is 2.25. The zero-order chi connectivity index (χ0) is 19.2. The van der Waals surface area contributed by atoms with Crippen LogP contribution in [-0.4, -0.2) is 28.5 Å². The van der Waals surface area contributed by atoms with Crippen LogP contribution >= 0.6 is 12.2 Å². The molecule has 1 aromatic rings. The Morgan fingerprint density at radius 2 is 1.64 bits per heavy atom. The van der Waals surface area contributed by atoms with Crippen LogP contribution in [0, 0.1) is 11.7 Å². The van der Waals surface area contributed by atoms with Gasteiger partial charge < -0.3 is 10.6 Å². The second kappa shape index (κ2) is 8.75. The smallest absolute Gasteiger partial charge is 0.261 e. The molecule has 0 saturated heterocycles. The van der Waals surface area contributed by atoms with Gasteiger partial charge in [0, 0.05) is 11.1 Å². The summed E-state index contributed by atoms with van der Waals surface area (Å²) in [4.78, 5) is 24.6. The first-order chi connectivity index (χ1) is 11.5. The number of halogens is 1. The van der Waals surface area contributed by atoms with Gasteiger partial charge in [-0.15, -0.1) is 0 Å². The predicted molar refractivity (Wildman–Crippen MR) is 99.3 cm³/mol. The zero-order valence-corrected chi connectivity index (χ0v) is 15.9. The number of hydrazine groups is 1. The van der Waals surface area contributed by atoms with E-state index in [2.05, 4.69) is 21.5 Å². The largest absolute Gasteiger partial charge is 0.357 e. The van der Waals surface area contributed by atoms with E-state index in [0.29, 0.717) is 0 Å². The average molecular weight is 368 g/mol. The summed E-state index contributed by atoms with van der Waals surface area (Å²) >= 11 is 5.09. The molecule has 0 radical (unpaired) electrons. The summed E-state index contributed by atoms with van der Waals surface area (Å²) in [6, 6.07) is 4.33. The molecule has 0 heterocycles. The van der Waals surface area contributed by atoms with Crippen molar-refractivity contribution >= 4 is 29.1 Å². The normalized spacial score (nSPS) is 12.3. The lowest BCUT2D eigenvalue weighted by atomic mass is 10.0. The summed E-state index contributed by atoms with van der Waals surface area (Å²) in [6.45, 7) is 9.41. The van der Waals surface area contributed by atoms with E-state index in [9.17, 15) is 14.0 Å². The van der Waals surface area contributed by atoms with E-state index in [1.807, 2.05) is 20.8 Å². The van der Waals surface area contributed by atoms with E-state index in [-0.39, 0.29) is 22.1 Å². The molecule has 4 N–H and O–H groups in total. The Balaban J connectivity index is 2.66. The number of hydrogen-bond acceptors (Lipinski definition) is 3. The molecule has 0 unspecified atom stereocenters. The number of carbonyl (C=O) groups excluding carboxylic acids is 2. The number of thiocarbonyl (C=S) groups is 1. The van der Waals surface area contributed by atoms with Crippen molar-refractivity contribution in [2.45, 2.75) is 46.2 Å². The van der Waals surface area contributed by atoms with Crippen LogP contribution < -0.4 is 21.5 Å². The van der Waals surface area contributed by atoms with Crippen molar-refractivity contribution in [3.63, 3.8) is 0 Å². The molecule has 0 aliphatic rings. The minimum absolute atomic E-state index is 0.157. The third-order valence-corrected chi connectivity index (χ3v) is 3.33. The minimum atomic E-state index is -0.775. The summed E-state index contributed by atoms with van der Waals surface area (Å²) in [5, 5.41) is 5.92. The van der Waals surface area contributed by atoms with E-state index in [1.165, 1.54) is 24.3 Å². The number of benzene rings is 1. The van der Waals surface area contributed by atoms with Gasteiger partial charge in [-0.3, -0.25) is 20.4 Å². The minimum Gasteiger partial charge on any atom is -0.357 e. The molecule has 6 nitrogen and oxygen atoms in total. The highest BCUT2D eigenvalue weighted by atomic mass is 32.1. The molecule has 138 valence electrons. The number of carbonyl (C=O) groups is 2. The van der Waals surface area contributed by atoms with Gasteiger partial charge in [-0.05, 0) is 63.2 Å². The predicted octanol–water partition coefficient (Wildman–Crippen LogP) is 1.87. The van der Waals surface area contributed by atoms with Gasteiger partial charge in [0.15, 0.2) is 5.11 Å². The van der Waals surface area contributed by atoms with Gasteiger partial charge in [0.25, 0.3) is 11.8 Å². The fourth-order valence-corrected chi connectivity index (χ4v) is 2.29. The van der Waals surface area contributed by atoms with Crippen LogP contribution in [0.4, 0.5) is 4.39 Å². The van der Waals surface area contributed by atoms with Crippen LogP contribution in [0.1, 0.15) is 45.0 Å². The summed E-state index contributed by atoms with van der Waals surface area (Å²) in [7, 11) is 0. The Morgan fingerprint density at radius 1 is 1.08 bits per heavy atom. The molecule has 8 heteroatoms. The monoisotopic (exact) mass is 368 g/mol. The Bertz CT molecular complexity index is 627.